The van der Waals surface area contributed by atoms with Crippen LogP contribution in [0.1, 0.15) is 5.56 Å². The van der Waals surface area contributed by atoms with Gasteiger partial charge in [0.15, 0.2) is 6.20 Å². The predicted octanol–water partition coefficient (Wildman–Crippen LogP) is 5.08. The molecule has 2 aromatic carbocycles. The molecule has 0 atom stereocenters. The molecule has 116 valence electrons. The Bertz CT molecular complexity index is 1150. The molecule has 2 aromatic heterocycles. The van der Waals surface area contributed by atoms with Crippen molar-refractivity contribution in [3.63, 3.8) is 0 Å². The van der Waals surface area contributed by atoms with Gasteiger partial charge in [0.1, 0.15) is 24.0 Å². The minimum Gasteiger partial charge on any atom is -0.457 e. The van der Waals surface area contributed by atoms with Crippen molar-refractivity contribution in [2.45, 2.75) is 6.92 Å². The van der Waals surface area contributed by atoms with Crippen LogP contribution in [0.2, 0.25) is 0 Å². The van der Waals surface area contributed by atoms with Gasteiger partial charge in [-0.05, 0) is 36.8 Å². The molecule has 24 heavy (non-hydrogen) atoms. The van der Waals surface area contributed by atoms with Gasteiger partial charge in [-0.1, -0.05) is 0 Å². The van der Waals surface area contributed by atoms with Gasteiger partial charge < -0.3 is 4.42 Å². The standard InChI is InChI=1S/C20H14FN2O/c1-12-8-18-15(11-14(12)17-6-4-5-7-23(17)3)20-16(22-2)9-13(21)10-19(20)24-18/h4-11H,1,3H3/q+1. The molecule has 0 amide bonds. The Morgan fingerprint density at radius 3 is 2.71 bits per heavy atom. The van der Waals surface area contributed by atoms with E-state index in [2.05, 4.69) is 4.85 Å². The van der Waals surface area contributed by atoms with Crippen LogP contribution in [0, 0.1) is 19.3 Å². The van der Waals surface area contributed by atoms with Crippen molar-refractivity contribution in [3.05, 3.63) is 71.5 Å². The van der Waals surface area contributed by atoms with Gasteiger partial charge in [-0.25, -0.2) is 13.8 Å². The Hall–Kier alpha value is -3.19. The van der Waals surface area contributed by atoms with Crippen LogP contribution < -0.4 is 4.57 Å². The molecule has 0 radical (unpaired) electrons. The number of hydrogen-bond donors (Lipinski definition) is 0. The maximum atomic E-state index is 13.7. The average Bonchev–Trinajstić information content (AvgIpc) is 2.90. The molecule has 3 nitrogen and oxygen atoms in total. The van der Waals surface area contributed by atoms with Crippen LogP contribution in [0.25, 0.3) is 38.0 Å². The molecular weight excluding hydrogens is 303 g/mol. The van der Waals surface area contributed by atoms with Gasteiger partial charge in [0.25, 0.3) is 0 Å². The first kappa shape index (κ1) is 14.4. The lowest BCUT2D eigenvalue weighted by Crippen LogP contribution is -2.30. The zero-order chi connectivity index (χ0) is 16.8. The number of fused-ring (bicyclic) bond motifs is 3. The highest BCUT2D eigenvalue weighted by Crippen LogP contribution is 2.39. The fourth-order valence-electron chi connectivity index (χ4n) is 3.17. The summed E-state index contributed by atoms with van der Waals surface area (Å²) in [4.78, 5) is 3.47. The Labute approximate surface area is 138 Å². The van der Waals surface area contributed by atoms with E-state index in [0.29, 0.717) is 16.6 Å². The van der Waals surface area contributed by atoms with Crippen LogP contribution in [0.4, 0.5) is 10.1 Å². The summed E-state index contributed by atoms with van der Waals surface area (Å²) in [5.41, 5.74) is 4.54. The van der Waals surface area contributed by atoms with E-state index < -0.39 is 5.82 Å². The Kier molecular flexibility index (Phi) is 3.10. The average molecular weight is 317 g/mol. The fourth-order valence-corrected chi connectivity index (χ4v) is 3.17. The molecule has 0 bridgehead atoms. The normalized spacial score (nSPS) is 11.1. The Morgan fingerprint density at radius 1 is 1.12 bits per heavy atom. The quantitative estimate of drug-likeness (QED) is 0.354. The van der Waals surface area contributed by atoms with Crippen LogP contribution in [0.15, 0.2) is 53.1 Å². The van der Waals surface area contributed by atoms with Gasteiger partial charge in [-0.15, -0.1) is 0 Å². The highest BCUT2D eigenvalue weighted by molar-refractivity contribution is 6.12. The van der Waals surface area contributed by atoms with Crippen molar-refractivity contribution in [3.8, 4) is 11.3 Å². The van der Waals surface area contributed by atoms with Gasteiger partial charge in [0.05, 0.1) is 6.57 Å². The maximum absolute atomic E-state index is 13.7. The Balaban J connectivity index is 2.12. The van der Waals surface area contributed by atoms with Gasteiger partial charge >= 0.3 is 0 Å². The summed E-state index contributed by atoms with van der Waals surface area (Å²) in [7, 11) is 1.99. The topological polar surface area (TPSA) is 21.4 Å². The lowest BCUT2D eigenvalue weighted by Gasteiger charge is -2.04. The molecule has 4 aromatic rings. The summed E-state index contributed by atoms with van der Waals surface area (Å²) in [6.07, 6.45) is 1.99. The zero-order valence-corrected chi connectivity index (χ0v) is 13.3. The number of furan rings is 1. The molecule has 0 aliphatic carbocycles. The minimum atomic E-state index is -0.459. The third-order valence-electron chi connectivity index (χ3n) is 4.31. The monoisotopic (exact) mass is 317 g/mol. The van der Waals surface area contributed by atoms with E-state index in [-0.39, 0.29) is 5.69 Å². The number of rotatable bonds is 1. The largest absolute Gasteiger partial charge is 0.457 e. The van der Waals surface area contributed by atoms with Crippen molar-refractivity contribution in [2.75, 3.05) is 0 Å². The molecular formula is C20H14FN2O+. The molecule has 0 saturated heterocycles. The third kappa shape index (κ3) is 2.06. The third-order valence-corrected chi connectivity index (χ3v) is 4.31. The maximum Gasteiger partial charge on any atom is 0.212 e. The lowest BCUT2D eigenvalue weighted by atomic mass is 10.0. The molecule has 4 rings (SSSR count). The number of aryl methyl sites for hydroxylation is 2. The van der Waals surface area contributed by atoms with E-state index in [1.165, 1.54) is 12.1 Å². The number of aromatic nitrogens is 1. The smallest absolute Gasteiger partial charge is 0.212 e. The van der Waals surface area contributed by atoms with E-state index >= 15 is 0 Å². The highest BCUT2D eigenvalue weighted by Gasteiger charge is 2.18. The second-order valence-electron chi connectivity index (χ2n) is 5.87. The molecule has 2 heterocycles. The minimum absolute atomic E-state index is 0.274. The summed E-state index contributed by atoms with van der Waals surface area (Å²) >= 11 is 0. The van der Waals surface area contributed by atoms with Gasteiger partial charge in [0, 0.05) is 34.5 Å². The van der Waals surface area contributed by atoms with Gasteiger partial charge in [-0.3, -0.25) is 0 Å². The van der Waals surface area contributed by atoms with Gasteiger partial charge in [-0.2, -0.15) is 0 Å². The van der Waals surface area contributed by atoms with E-state index in [1.807, 2.05) is 55.1 Å². The first-order valence-electron chi connectivity index (χ1n) is 7.57. The second-order valence-corrected chi connectivity index (χ2v) is 5.87. The zero-order valence-electron chi connectivity index (χ0n) is 13.3. The van der Waals surface area contributed by atoms with E-state index in [9.17, 15) is 4.39 Å². The Morgan fingerprint density at radius 2 is 1.96 bits per heavy atom. The SMILES string of the molecule is [C-]#[N+]c1cc(F)cc2oc3cc(C)c(-c4cccc[n+]4C)cc3c12. The molecule has 0 fully saturated rings. The molecule has 0 aliphatic heterocycles. The number of pyridine rings is 1. The van der Waals surface area contributed by atoms with Crippen molar-refractivity contribution < 1.29 is 13.4 Å². The van der Waals surface area contributed by atoms with Crippen LogP contribution in [0.3, 0.4) is 0 Å². The van der Waals surface area contributed by atoms with Crippen LogP contribution in [-0.4, -0.2) is 0 Å². The summed E-state index contributed by atoms with van der Waals surface area (Å²) in [5.74, 6) is -0.459. The summed E-state index contributed by atoms with van der Waals surface area (Å²) in [5, 5.41) is 1.50. The van der Waals surface area contributed by atoms with Crippen molar-refractivity contribution >= 4 is 27.6 Å². The van der Waals surface area contributed by atoms with E-state index in [4.69, 9.17) is 11.0 Å². The molecule has 4 heteroatoms. The predicted molar refractivity (Wildman–Crippen MR) is 91.3 cm³/mol. The molecule has 0 unspecified atom stereocenters. The van der Waals surface area contributed by atoms with Crippen LogP contribution >= 0.6 is 0 Å². The second kappa shape index (κ2) is 5.17. The first-order valence-corrected chi connectivity index (χ1v) is 7.57. The summed E-state index contributed by atoms with van der Waals surface area (Å²) in [6.45, 7) is 9.36. The van der Waals surface area contributed by atoms with Crippen LogP contribution in [-0.2, 0) is 7.05 Å². The fraction of sp³-hybridized carbons (Fsp3) is 0.100. The van der Waals surface area contributed by atoms with E-state index in [0.717, 1.165) is 22.2 Å². The highest BCUT2D eigenvalue weighted by atomic mass is 19.1. The molecule has 0 saturated carbocycles. The van der Waals surface area contributed by atoms with Crippen molar-refractivity contribution in [2.24, 2.45) is 7.05 Å². The first-order chi connectivity index (χ1) is 11.6. The number of hydrogen-bond acceptors (Lipinski definition) is 1. The summed E-state index contributed by atoms with van der Waals surface area (Å²) < 4.78 is 21.5. The van der Waals surface area contributed by atoms with Crippen molar-refractivity contribution in [1.82, 2.24) is 0 Å². The number of halogens is 1. The summed E-state index contributed by atoms with van der Waals surface area (Å²) in [6, 6.07) is 12.6. The molecule has 0 aliphatic rings. The molecule has 0 spiro atoms. The van der Waals surface area contributed by atoms with Crippen LogP contribution in [0.5, 0.6) is 0 Å². The number of benzene rings is 2. The number of nitrogens with zero attached hydrogens (tertiary/aromatic N) is 2. The van der Waals surface area contributed by atoms with Crippen molar-refractivity contribution in [1.29, 1.82) is 0 Å². The van der Waals surface area contributed by atoms with E-state index in [1.54, 1.807) is 0 Å². The van der Waals surface area contributed by atoms with Gasteiger partial charge in [0.2, 0.25) is 11.4 Å². The molecule has 0 N–H and O–H groups in total. The lowest BCUT2D eigenvalue weighted by molar-refractivity contribution is -0.660.